The van der Waals surface area contributed by atoms with Crippen LogP contribution >= 0.6 is 0 Å². The number of carboxylic acid groups (broad SMARTS) is 1. The van der Waals surface area contributed by atoms with E-state index in [2.05, 4.69) is 4.90 Å². The molecule has 3 rings (SSSR count). The first kappa shape index (κ1) is 19.1. The number of hydrogen-bond donors (Lipinski definition) is 1. The van der Waals surface area contributed by atoms with E-state index >= 15 is 0 Å². The van der Waals surface area contributed by atoms with E-state index in [1.807, 2.05) is 0 Å². The van der Waals surface area contributed by atoms with Crippen LogP contribution in [-0.2, 0) is 4.79 Å². The normalized spacial score (nSPS) is 16.6. The third-order valence-electron chi connectivity index (χ3n) is 4.82. The molecule has 0 saturated carbocycles. The Hall–Kier alpha value is -2.67. The molecule has 2 aromatic carbocycles. The molecule has 0 radical (unpaired) electrons. The van der Waals surface area contributed by atoms with Gasteiger partial charge in [-0.2, -0.15) is 0 Å². The van der Waals surface area contributed by atoms with E-state index in [0.717, 1.165) is 12.2 Å². The third-order valence-corrected chi connectivity index (χ3v) is 4.82. The quantitative estimate of drug-likeness (QED) is 0.868. The molecule has 1 aliphatic heterocycles. The number of ether oxygens (including phenoxy) is 1. The molecule has 27 heavy (non-hydrogen) atoms. The van der Waals surface area contributed by atoms with Crippen LogP contribution in [0.2, 0.25) is 0 Å². The summed E-state index contributed by atoms with van der Waals surface area (Å²) in [6.07, 6.45) is 0.715. The van der Waals surface area contributed by atoms with Gasteiger partial charge in [-0.25, -0.2) is 8.78 Å². The Morgan fingerprint density at radius 1 is 1.07 bits per heavy atom. The van der Waals surface area contributed by atoms with Crippen molar-refractivity contribution >= 4 is 11.7 Å². The Kier molecular flexibility index (Phi) is 5.91. The molecule has 1 fully saturated rings. The Balaban J connectivity index is 1.81. The van der Waals surface area contributed by atoms with E-state index in [4.69, 9.17) is 4.74 Å². The molecule has 0 spiro atoms. The summed E-state index contributed by atoms with van der Waals surface area (Å²) >= 11 is 0. The fourth-order valence-electron chi connectivity index (χ4n) is 3.45. The molecule has 1 N–H and O–H groups in total. The van der Waals surface area contributed by atoms with E-state index in [1.54, 1.807) is 17.0 Å². The minimum Gasteiger partial charge on any atom is -0.497 e. The van der Waals surface area contributed by atoms with Gasteiger partial charge >= 0.3 is 5.97 Å². The Bertz CT molecular complexity index is 798. The van der Waals surface area contributed by atoms with Crippen LogP contribution < -0.4 is 9.64 Å². The predicted octanol–water partition coefficient (Wildman–Crippen LogP) is 3.31. The maximum Gasteiger partial charge on any atom is 0.325 e. The van der Waals surface area contributed by atoms with Crippen LogP contribution in [0.5, 0.6) is 5.75 Å². The number of anilines is 1. The van der Waals surface area contributed by atoms with Crippen molar-refractivity contribution in [1.29, 1.82) is 0 Å². The van der Waals surface area contributed by atoms with Crippen LogP contribution in [0.1, 0.15) is 18.0 Å². The molecule has 0 aliphatic carbocycles. The van der Waals surface area contributed by atoms with Crippen LogP contribution in [0, 0.1) is 11.6 Å². The van der Waals surface area contributed by atoms with Gasteiger partial charge in [0.2, 0.25) is 0 Å². The highest BCUT2D eigenvalue weighted by atomic mass is 19.1. The van der Waals surface area contributed by atoms with E-state index in [0.29, 0.717) is 31.8 Å². The molecule has 1 saturated heterocycles. The lowest BCUT2D eigenvalue weighted by Gasteiger charge is -2.28. The zero-order valence-electron chi connectivity index (χ0n) is 15.1. The van der Waals surface area contributed by atoms with Gasteiger partial charge in [0, 0.05) is 37.4 Å². The van der Waals surface area contributed by atoms with Crippen LogP contribution in [0.4, 0.5) is 14.5 Å². The van der Waals surface area contributed by atoms with Crippen molar-refractivity contribution in [1.82, 2.24) is 4.90 Å². The zero-order chi connectivity index (χ0) is 19.4. The maximum absolute atomic E-state index is 14.4. The molecule has 2 aromatic rings. The number of halogens is 2. The van der Waals surface area contributed by atoms with Gasteiger partial charge in [0.15, 0.2) is 0 Å². The SMILES string of the molecule is COc1ccc(F)c([C@@H](C(=O)O)N2CCCN(c3ccc(F)cc3)CC2)c1. The fourth-order valence-corrected chi connectivity index (χ4v) is 3.45. The Morgan fingerprint density at radius 2 is 1.81 bits per heavy atom. The smallest absolute Gasteiger partial charge is 0.325 e. The predicted molar refractivity (Wildman–Crippen MR) is 98.1 cm³/mol. The highest BCUT2D eigenvalue weighted by Gasteiger charge is 2.31. The minimum atomic E-state index is -1.10. The second-order valence-electron chi connectivity index (χ2n) is 6.48. The lowest BCUT2D eigenvalue weighted by atomic mass is 10.0. The third kappa shape index (κ3) is 4.36. The van der Waals surface area contributed by atoms with Crippen molar-refractivity contribution in [3.63, 3.8) is 0 Å². The highest BCUT2D eigenvalue weighted by Crippen LogP contribution is 2.29. The lowest BCUT2D eigenvalue weighted by Crippen LogP contribution is -2.37. The minimum absolute atomic E-state index is 0.0945. The van der Waals surface area contributed by atoms with Crippen LogP contribution in [0.15, 0.2) is 42.5 Å². The number of benzene rings is 2. The summed E-state index contributed by atoms with van der Waals surface area (Å²) in [6.45, 7) is 2.26. The van der Waals surface area contributed by atoms with Crippen LogP contribution in [-0.4, -0.2) is 49.3 Å². The number of methoxy groups -OCH3 is 1. The number of nitrogens with zero attached hydrogens (tertiary/aromatic N) is 2. The molecule has 0 amide bonds. The van der Waals surface area contributed by atoms with Gasteiger partial charge in [0.05, 0.1) is 7.11 Å². The topological polar surface area (TPSA) is 53.0 Å². The van der Waals surface area contributed by atoms with E-state index in [-0.39, 0.29) is 11.4 Å². The van der Waals surface area contributed by atoms with Crippen LogP contribution in [0.25, 0.3) is 0 Å². The van der Waals surface area contributed by atoms with Crippen LogP contribution in [0.3, 0.4) is 0 Å². The van der Waals surface area contributed by atoms with Gasteiger partial charge in [-0.1, -0.05) is 0 Å². The highest BCUT2D eigenvalue weighted by molar-refractivity contribution is 5.76. The zero-order valence-corrected chi connectivity index (χ0v) is 15.1. The average molecular weight is 376 g/mol. The second-order valence-corrected chi connectivity index (χ2v) is 6.48. The largest absolute Gasteiger partial charge is 0.497 e. The molecule has 7 heteroatoms. The average Bonchev–Trinajstić information content (AvgIpc) is 2.90. The van der Waals surface area contributed by atoms with Crippen molar-refractivity contribution < 1.29 is 23.4 Å². The number of rotatable bonds is 5. The summed E-state index contributed by atoms with van der Waals surface area (Å²) in [5, 5.41) is 9.77. The van der Waals surface area contributed by atoms with Crippen molar-refractivity contribution in [2.45, 2.75) is 12.5 Å². The summed E-state index contributed by atoms with van der Waals surface area (Å²) in [7, 11) is 1.46. The summed E-state index contributed by atoms with van der Waals surface area (Å²) in [5.74, 6) is -1.55. The van der Waals surface area contributed by atoms with Gasteiger partial charge in [-0.15, -0.1) is 0 Å². The summed E-state index contributed by atoms with van der Waals surface area (Å²) in [5.41, 5.74) is 0.981. The first-order chi connectivity index (χ1) is 13.0. The molecule has 0 bridgehead atoms. The van der Waals surface area contributed by atoms with E-state index in [9.17, 15) is 18.7 Å². The Labute approximate surface area is 156 Å². The van der Waals surface area contributed by atoms with Crippen molar-refractivity contribution in [3.05, 3.63) is 59.7 Å². The van der Waals surface area contributed by atoms with E-state index < -0.39 is 17.8 Å². The number of carbonyl (C=O) groups is 1. The number of aliphatic carboxylic acids is 1. The monoisotopic (exact) mass is 376 g/mol. The molecule has 5 nitrogen and oxygen atoms in total. The molecule has 1 aliphatic rings. The van der Waals surface area contributed by atoms with Gasteiger partial charge in [-0.05, 0) is 48.9 Å². The lowest BCUT2D eigenvalue weighted by molar-refractivity contribution is -0.143. The molecule has 1 atom stereocenters. The molecule has 144 valence electrons. The standard InChI is InChI=1S/C20H22F2N2O3/c1-27-16-7-8-18(22)17(13-16)19(20(25)26)24-10-2-9-23(11-12-24)15-5-3-14(21)4-6-15/h3-8,13,19H,2,9-12H2,1H3,(H,25,26)/t19-/m0/s1. The first-order valence-electron chi connectivity index (χ1n) is 8.80. The summed E-state index contributed by atoms with van der Waals surface area (Å²) < 4.78 is 32.6. The molecule has 1 heterocycles. The molecule has 0 unspecified atom stereocenters. The van der Waals surface area contributed by atoms with Gasteiger partial charge in [0.1, 0.15) is 23.4 Å². The van der Waals surface area contributed by atoms with E-state index in [1.165, 1.54) is 37.4 Å². The molecular weight excluding hydrogens is 354 g/mol. The van der Waals surface area contributed by atoms with Crippen molar-refractivity contribution in [2.24, 2.45) is 0 Å². The van der Waals surface area contributed by atoms with Crippen molar-refractivity contribution in [2.75, 3.05) is 38.2 Å². The van der Waals surface area contributed by atoms with Gasteiger partial charge in [0.25, 0.3) is 0 Å². The first-order valence-corrected chi connectivity index (χ1v) is 8.80. The molecule has 0 aromatic heterocycles. The summed E-state index contributed by atoms with van der Waals surface area (Å²) in [4.78, 5) is 15.8. The molecular formula is C20H22F2N2O3. The second kappa shape index (κ2) is 8.35. The fraction of sp³-hybridized carbons (Fsp3) is 0.350. The number of hydrogen-bond acceptors (Lipinski definition) is 4. The van der Waals surface area contributed by atoms with Gasteiger partial charge in [-0.3, -0.25) is 9.69 Å². The van der Waals surface area contributed by atoms with Crippen molar-refractivity contribution in [3.8, 4) is 5.75 Å². The van der Waals surface area contributed by atoms with Gasteiger partial charge < -0.3 is 14.7 Å². The maximum atomic E-state index is 14.4. The number of carboxylic acids is 1. The Morgan fingerprint density at radius 3 is 2.48 bits per heavy atom. The summed E-state index contributed by atoms with van der Waals surface area (Å²) in [6, 6.07) is 9.28.